The van der Waals surface area contributed by atoms with Gasteiger partial charge in [-0.15, -0.1) is 0 Å². The predicted octanol–water partition coefficient (Wildman–Crippen LogP) is 2.77. The summed E-state index contributed by atoms with van der Waals surface area (Å²) in [5, 5.41) is 0. The summed E-state index contributed by atoms with van der Waals surface area (Å²) >= 11 is 0. The molecule has 4 nitrogen and oxygen atoms in total. The Bertz CT molecular complexity index is 418. The zero-order chi connectivity index (χ0) is 14.5. The minimum Gasteiger partial charge on any atom is -0.493 e. The monoisotopic (exact) mass is 279 g/mol. The summed E-state index contributed by atoms with van der Waals surface area (Å²) in [6.45, 7) is 2.83. The third kappa shape index (κ3) is 3.79. The summed E-state index contributed by atoms with van der Waals surface area (Å²) in [6, 6.07) is 4.16. The topological polar surface area (TPSA) is 53.7 Å². The average Bonchev–Trinajstić information content (AvgIpc) is 3.28. The maximum absolute atomic E-state index is 6.02. The minimum atomic E-state index is 0.155. The highest BCUT2D eigenvalue weighted by atomic mass is 16.5. The molecule has 1 fully saturated rings. The van der Waals surface area contributed by atoms with Crippen LogP contribution in [0.15, 0.2) is 12.1 Å². The van der Waals surface area contributed by atoms with Gasteiger partial charge in [-0.2, -0.15) is 0 Å². The maximum Gasteiger partial charge on any atom is 0.203 e. The fourth-order valence-electron chi connectivity index (χ4n) is 2.13. The summed E-state index contributed by atoms with van der Waals surface area (Å²) < 4.78 is 16.8. The van der Waals surface area contributed by atoms with Crippen LogP contribution in [0.5, 0.6) is 17.2 Å². The van der Waals surface area contributed by atoms with Gasteiger partial charge in [0.15, 0.2) is 11.5 Å². The number of rotatable bonds is 8. The molecule has 0 aliphatic heterocycles. The molecule has 1 aliphatic rings. The largest absolute Gasteiger partial charge is 0.493 e. The van der Waals surface area contributed by atoms with Crippen LogP contribution in [0.3, 0.4) is 0 Å². The van der Waals surface area contributed by atoms with Crippen LogP contribution in [0, 0.1) is 5.92 Å². The fourth-order valence-corrected chi connectivity index (χ4v) is 2.13. The molecule has 0 radical (unpaired) electrons. The van der Waals surface area contributed by atoms with Crippen LogP contribution >= 0.6 is 0 Å². The lowest BCUT2D eigenvalue weighted by atomic mass is 10.0. The van der Waals surface area contributed by atoms with Crippen molar-refractivity contribution in [1.29, 1.82) is 0 Å². The standard InChI is InChI=1S/C16H25NO3/c1-4-13(17)7-12-8-14(18-2)16(15(9-12)19-3)20-10-11-5-6-11/h8-9,11,13H,4-7,10,17H2,1-3H3. The molecule has 1 aliphatic carbocycles. The van der Waals surface area contributed by atoms with Gasteiger partial charge in [0.1, 0.15) is 0 Å². The molecule has 2 rings (SSSR count). The SMILES string of the molecule is CCC(N)Cc1cc(OC)c(OCC2CC2)c(OC)c1. The van der Waals surface area contributed by atoms with Gasteiger partial charge < -0.3 is 19.9 Å². The second-order valence-electron chi connectivity index (χ2n) is 5.46. The van der Waals surface area contributed by atoms with Gasteiger partial charge >= 0.3 is 0 Å². The Kier molecular flexibility index (Phi) is 5.12. The Balaban J connectivity index is 2.20. The van der Waals surface area contributed by atoms with Crippen molar-refractivity contribution in [3.05, 3.63) is 17.7 Å². The van der Waals surface area contributed by atoms with E-state index in [1.165, 1.54) is 12.8 Å². The van der Waals surface area contributed by atoms with Gasteiger partial charge in [0.2, 0.25) is 5.75 Å². The van der Waals surface area contributed by atoms with E-state index in [-0.39, 0.29) is 6.04 Å². The second kappa shape index (κ2) is 6.84. The highest BCUT2D eigenvalue weighted by Gasteiger charge is 2.24. The molecule has 112 valence electrons. The number of hydrogen-bond donors (Lipinski definition) is 1. The minimum absolute atomic E-state index is 0.155. The van der Waals surface area contributed by atoms with Crippen molar-refractivity contribution in [3.63, 3.8) is 0 Å². The molecule has 2 N–H and O–H groups in total. The maximum atomic E-state index is 6.02. The Morgan fingerprint density at radius 1 is 1.20 bits per heavy atom. The van der Waals surface area contributed by atoms with Crippen molar-refractivity contribution >= 4 is 0 Å². The fraction of sp³-hybridized carbons (Fsp3) is 0.625. The molecule has 20 heavy (non-hydrogen) atoms. The molecule has 1 unspecified atom stereocenters. The van der Waals surface area contributed by atoms with E-state index in [1.54, 1.807) is 14.2 Å². The lowest BCUT2D eigenvalue weighted by molar-refractivity contribution is 0.263. The first kappa shape index (κ1) is 15.0. The Morgan fingerprint density at radius 2 is 1.80 bits per heavy atom. The van der Waals surface area contributed by atoms with Crippen LogP contribution in [0.25, 0.3) is 0 Å². The summed E-state index contributed by atoms with van der Waals surface area (Å²) in [7, 11) is 3.31. The van der Waals surface area contributed by atoms with E-state index >= 15 is 0 Å². The predicted molar refractivity (Wildman–Crippen MR) is 79.7 cm³/mol. The van der Waals surface area contributed by atoms with E-state index in [9.17, 15) is 0 Å². The van der Waals surface area contributed by atoms with Crippen molar-refractivity contribution < 1.29 is 14.2 Å². The van der Waals surface area contributed by atoms with Crippen molar-refractivity contribution in [2.75, 3.05) is 20.8 Å². The number of ether oxygens (including phenoxy) is 3. The van der Waals surface area contributed by atoms with Gasteiger partial charge in [-0.25, -0.2) is 0 Å². The lowest BCUT2D eigenvalue weighted by Gasteiger charge is -2.17. The van der Waals surface area contributed by atoms with Crippen LogP contribution in [0.2, 0.25) is 0 Å². The van der Waals surface area contributed by atoms with E-state index in [1.807, 2.05) is 12.1 Å². The average molecular weight is 279 g/mol. The molecule has 1 saturated carbocycles. The van der Waals surface area contributed by atoms with Gasteiger partial charge in [0, 0.05) is 6.04 Å². The number of hydrogen-bond acceptors (Lipinski definition) is 4. The Morgan fingerprint density at radius 3 is 2.25 bits per heavy atom. The normalized spacial score (nSPS) is 15.8. The molecule has 0 saturated heterocycles. The Hall–Kier alpha value is -1.42. The Labute approximate surface area is 121 Å². The van der Waals surface area contributed by atoms with Crippen LogP contribution in [0.4, 0.5) is 0 Å². The molecule has 4 heteroatoms. The summed E-state index contributed by atoms with van der Waals surface area (Å²) in [5.41, 5.74) is 7.14. The highest BCUT2D eigenvalue weighted by Crippen LogP contribution is 2.40. The second-order valence-corrected chi connectivity index (χ2v) is 5.46. The first-order valence-electron chi connectivity index (χ1n) is 7.31. The van der Waals surface area contributed by atoms with Gasteiger partial charge in [-0.05, 0) is 49.3 Å². The van der Waals surface area contributed by atoms with E-state index in [4.69, 9.17) is 19.9 Å². The first-order valence-corrected chi connectivity index (χ1v) is 7.31. The molecule has 0 bridgehead atoms. The van der Waals surface area contributed by atoms with E-state index in [0.717, 1.165) is 36.5 Å². The summed E-state index contributed by atoms with van der Waals surface area (Å²) in [5.74, 6) is 2.85. The van der Waals surface area contributed by atoms with E-state index in [0.29, 0.717) is 11.7 Å². The van der Waals surface area contributed by atoms with Gasteiger partial charge in [0.25, 0.3) is 0 Å². The molecular formula is C16H25NO3. The van der Waals surface area contributed by atoms with Gasteiger partial charge in [-0.3, -0.25) is 0 Å². The highest BCUT2D eigenvalue weighted by molar-refractivity contribution is 5.54. The molecule has 1 aromatic rings. The molecule has 0 heterocycles. The molecule has 0 aromatic heterocycles. The molecular weight excluding hydrogens is 254 g/mol. The summed E-state index contributed by atoms with van der Waals surface area (Å²) in [4.78, 5) is 0. The third-order valence-corrected chi connectivity index (χ3v) is 3.70. The number of nitrogens with two attached hydrogens (primary N) is 1. The number of benzene rings is 1. The van der Waals surface area contributed by atoms with E-state index in [2.05, 4.69) is 6.92 Å². The zero-order valence-electron chi connectivity index (χ0n) is 12.6. The quantitative estimate of drug-likeness (QED) is 0.795. The van der Waals surface area contributed by atoms with Crippen molar-refractivity contribution in [2.24, 2.45) is 11.7 Å². The van der Waals surface area contributed by atoms with Crippen LogP contribution < -0.4 is 19.9 Å². The summed E-state index contributed by atoms with van der Waals surface area (Å²) in [6.07, 6.45) is 4.28. The lowest BCUT2D eigenvalue weighted by Crippen LogP contribution is -2.21. The van der Waals surface area contributed by atoms with E-state index < -0.39 is 0 Å². The van der Waals surface area contributed by atoms with Crippen LogP contribution in [-0.4, -0.2) is 26.9 Å². The molecule has 0 spiro atoms. The van der Waals surface area contributed by atoms with Crippen molar-refractivity contribution in [3.8, 4) is 17.2 Å². The molecule has 0 amide bonds. The smallest absolute Gasteiger partial charge is 0.203 e. The third-order valence-electron chi connectivity index (χ3n) is 3.70. The number of methoxy groups -OCH3 is 2. The zero-order valence-corrected chi connectivity index (χ0v) is 12.6. The van der Waals surface area contributed by atoms with Crippen molar-refractivity contribution in [1.82, 2.24) is 0 Å². The van der Waals surface area contributed by atoms with Gasteiger partial charge in [0.05, 0.1) is 20.8 Å². The molecule has 1 atom stereocenters. The van der Waals surface area contributed by atoms with Crippen LogP contribution in [0.1, 0.15) is 31.7 Å². The van der Waals surface area contributed by atoms with Crippen LogP contribution in [-0.2, 0) is 6.42 Å². The molecule has 1 aromatic carbocycles. The van der Waals surface area contributed by atoms with Gasteiger partial charge in [-0.1, -0.05) is 6.92 Å². The first-order chi connectivity index (χ1) is 9.67. The van der Waals surface area contributed by atoms with Crippen molar-refractivity contribution in [2.45, 2.75) is 38.6 Å².